The van der Waals surface area contributed by atoms with Gasteiger partial charge in [-0.3, -0.25) is 9.69 Å². The Kier molecular flexibility index (Phi) is 7.49. The van der Waals surface area contributed by atoms with Crippen LogP contribution in [0, 0.1) is 13.8 Å². The molecule has 0 fully saturated rings. The van der Waals surface area contributed by atoms with Crippen LogP contribution in [0.2, 0.25) is 5.02 Å². The molecule has 0 bridgehead atoms. The Morgan fingerprint density at radius 3 is 2.19 bits per heavy atom. The van der Waals surface area contributed by atoms with Gasteiger partial charge in [-0.05, 0) is 67.9 Å². The van der Waals surface area contributed by atoms with Gasteiger partial charge in [-0.1, -0.05) is 37.6 Å². The van der Waals surface area contributed by atoms with Crippen molar-refractivity contribution in [1.82, 2.24) is 4.90 Å². The molecule has 0 atom stereocenters. The van der Waals surface area contributed by atoms with Crippen LogP contribution in [0.15, 0.2) is 36.4 Å². The maximum atomic E-state index is 12.1. The third kappa shape index (κ3) is 5.75. The topological polar surface area (TPSA) is 41.6 Å². The molecule has 0 spiro atoms. The lowest BCUT2D eigenvalue weighted by Gasteiger charge is -2.18. The van der Waals surface area contributed by atoms with Crippen LogP contribution in [0.5, 0.6) is 5.75 Å². The molecule has 2 rings (SSSR count). The lowest BCUT2D eigenvalue weighted by Crippen LogP contribution is -2.22. The van der Waals surface area contributed by atoms with Crippen molar-refractivity contribution < 1.29 is 9.53 Å². The number of nitrogens with one attached hydrogen (secondary N) is 1. The Labute approximate surface area is 161 Å². The van der Waals surface area contributed by atoms with Gasteiger partial charge in [0.15, 0.2) is 6.61 Å². The van der Waals surface area contributed by atoms with Crippen molar-refractivity contribution in [3.05, 3.63) is 58.1 Å². The monoisotopic (exact) mass is 374 g/mol. The standard InChI is InChI=1S/C21H27ClN2O2/c1-5-24(6-2)13-17-7-9-18(10-8-17)23-20(25)14-26-19-11-15(3)21(22)16(4)12-19/h7-12H,5-6,13-14H2,1-4H3,(H,23,25). The van der Waals surface area contributed by atoms with Crippen LogP contribution < -0.4 is 10.1 Å². The number of amides is 1. The fraction of sp³-hybridized carbons (Fsp3) is 0.381. The van der Waals surface area contributed by atoms with Crippen molar-refractivity contribution in [3.8, 4) is 5.75 Å². The number of rotatable bonds is 8. The smallest absolute Gasteiger partial charge is 0.262 e. The van der Waals surface area contributed by atoms with E-state index in [2.05, 4.69) is 24.1 Å². The minimum Gasteiger partial charge on any atom is -0.484 e. The first-order chi connectivity index (χ1) is 12.4. The van der Waals surface area contributed by atoms with Gasteiger partial charge in [-0.25, -0.2) is 0 Å². The summed E-state index contributed by atoms with van der Waals surface area (Å²) in [4.78, 5) is 14.5. The molecule has 0 saturated heterocycles. The summed E-state index contributed by atoms with van der Waals surface area (Å²) in [6.07, 6.45) is 0. The summed E-state index contributed by atoms with van der Waals surface area (Å²) in [5.74, 6) is 0.459. The number of ether oxygens (including phenoxy) is 1. The molecule has 0 unspecified atom stereocenters. The molecular formula is C21H27ClN2O2. The average molecular weight is 375 g/mol. The summed E-state index contributed by atoms with van der Waals surface area (Å²) < 4.78 is 5.58. The Hall–Kier alpha value is -2.04. The zero-order valence-corrected chi connectivity index (χ0v) is 16.7. The average Bonchev–Trinajstić information content (AvgIpc) is 2.63. The highest BCUT2D eigenvalue weighted by Gasteiger charge is 2.07. The molecule has 0 saturated carbocycles. The van der Waals surface area contributed by atoms with Crippen molar-refractivity contribution in [2.45, 2.75) is 34.2 Å². The molecule has 0 aliphatic rings. The van der Waals surface area contributed by atoms with Gasteiger partial charge in [0.1, 0.15) is 5.75 Å². The van der Waals surface area contributed by atoms with Crippen LogP contribution >= 0.6 is 11.6 Å². The van der Waals surface area contributed by atoms with E-state index in [1.54, 1.807) is 0 Å². The van der Waals surface area contributed by atoms with Crippen molar-refractivity contribution in [2.75, 3.05) is 25.0 Å². The van der Waals surface area contributed by atoms with Crippen LogP contribution in [0.1, 0.15) is 30.5 Å². The van der Waals surface area contributed by atoms with E-state index in [-0.39, 0.29) is 12.5 Å². The van der Waals surface area contributed by atoms with Gasteiger partial charge in [-0.15, -0.1) is 0 Å². The van der Waals surface area contributed by atoms with E-state index in [0.29, 0.717) is 5.75 Å². The summed E-state index contributed by atoms with van der Waals surface area (Å²) >= 11 is 6.14. The molecule has 1 N–H and O–H groups in total. The quantitative estimate of drug-likeness (QED) is 0.720. The van der Waals surface area contributed by atoms with Crippen LogP contribution in [0.25, 0.3) is 0 Å². The lowest BCUT2D eigenvalue weighted by molar-refractivity contribution is -0.118. The highest BCUT2D eigenvalue weighted by molar-refractivity contribution is 6.32. The van der Waals surface area contributed by atoms with Gasteiger partial charge in [0.05, 0.1) is 0 Å². The first kappa shape index (κ1) is 20.3. The number of hydrogen-bond donors (Lipinski definition) is 1. The second-order valence-corrected chi connectivity index (χ2v) is 6.74. The van der Waals surface area contributed by atoms with E-state index in [1.807, 2.05) is 50.2 Å². The second kappa shape index (κ2) is 9.60. The van der Waals surface area contributed by atoms with Gasteiger partial charge in [0.2, 0.25) is 0 Å². The number of aryl methyl sites for hydroxylation is 2. The van der Waals surface area contributed by atoms with Crippen molar-refractivity contribution in [3.63, 3.8) is 0 Å². The third-order valence-electron chi connectivity index (χ3n) is 4.32. The van der Waals surface area contributed by atoms with E-state index in [0.717, 1.165) is 41.5 Å². The molecule has 5 heteroatoms. The van der Waals surface area contributed by atoms with Crippen LogP contribution in [-0.2, 0) is 11.3 Å². The number of benzene rings is 2. The summed E-state index contributed by atoms with van der Waals surface area (Å²) in [5.41, 5.74) is 3.87. The number of carbonyl (C=O) groups is 1. The molecule has 140 valence electrons. The van der Waals surface area contributed by atoms with Gasteiger partial charge in [0.25, 0.3) is 5.91 Å². The number of nitrogens with zero attached hydrogens (tertiary/aromatic N) is 1. The third-order valence-corrected chi connectivity index (χ3v) is 4.91. The zero-order valence-electron chi connectivity index (χ0n) is 15.9. The minimum atomic E-state index is -0.188. The fourth-order valence-electron chi connectivity index (χ4n) is 2.73. The van der Waals surface area contributed by atoms with E-state index in [4.69, 9.17) is 16.3 Å². The maximum absolute atomic E-state index is 12.1. The number of hydrogen-bond acceptors (Lipinski definition) is 3. The molecule has 1 amide bonds. The van der Waals surface area contributed by atoms with E-state index in [1.165, 1.54) is 5.56 Å². The Bertz CT molecular complexity index is 717. The summed E-state index contributed by atoms with van der Waals surface area (Å²) in [6, 6.07) is 11.6. The van der Waals surface area contributed by atoms with Gasteiger partial charge < -0.3 is 10.1 Å². The zero-order chi connectivity index (χ0) is 19.1. The van der Waals surface area contributed by atoms with Crippen molar-refractivity contribution in [1.29, 1.82) is 0 Å². The normalized spacial score (nSPS) is 10.8. The number of halogens is 1. The SMILES string of the molecule is CCN(CC)Cc1ccc(NC(=O)COc2cc(C)c(Cl)c(C)c2)cc1. The van der Waals surface area contributed by atoms with Crippen LogP contribution in [-0.4, -0.2) is 30.5 Å². The predicted molar refractivity (Wildman–Crippen MR) is 108 cm³/mol. The maximum Gasteiger partial charge on any atom is 0.262 e. The molecule has 0 aromatic heterocycles. The van der Waals surface area contributed by atoms with Crippen LogP contribution in [0.4, 0.5) is 5.69 Å². The summed E-state index contributed by atoms with van der Waals surface area (Å²) in [5, 5.41) is 3.59. The highest BCUT2D eigenvalue weighted by Crippen LogP contribution is 2.25. The van der Waals surface area contributed by atoms with E-state index >= 15 is 0 Å². The molecular weight excluding hydrogens is 348 g/mol. The Morgan fingerprint density at radius 1 is 1.08 bits per heavy atom. The number of anilines is 1. The van der Waals surface area contributed by atoms with E-state index in [9.17, 15) is 4.79 Å². The first-order valence-electron chi connectivity index (χ1n) is 8.93. The Balaban J connectivity index is 1.88. The molecule has 0 radical (unpaired) electrons. The molecule has 2 aromatic rings. The molecule has 2 aromatic carbocycles. The fourth-order valence-corrected chi connectivity index (χ4v) is 2.84. The molecule has 4 nitrogen and oxygen atoms in total. The molecule has 26 heavy (non-hydrogen) atoms. The van der Waals surface area contributed by atoms with E-state index < -0.39 is 0 Å². The molecule has 0 aliphatic heterocycles. The Morgan fingerprint density at radius 2 is 1.65 bits per heavy atom. The summed E-state index contributed by atoms with van der Waals surface area (Å²) in [6.45, 7) is 11.1. The largest absolute Gasteiger partial charge is 0.484 e. The van der Waals surface area contributed by atoms with Crippen molar-refractivity contribution in [2.24, 2.45) is 0 Å². The van der Waals surface area contributed by atoms with Crippen LogP contribution in [0.3, 0.4) is 0 Å². The summed E-state index contributed by atoms with van der Waals surface area (Å²) in [7, 11) is 0. The van der Waals surface area contributed by atoms with Crippen molar-refractivity contribution >= 4 is 23.2 Å². The highest BCUT2D eigenvalue weighted by atomic mass is 35.5. The van der Waals surface area contributed by atoms with Gasteiger partial charge in [0, 0.05) is 17.3 Å². The predicted octanol–water partition coefficient (Wildman–Crippen LogP) is 4.82. The number of carbonyl (C=O) groups excluding carboxylic acids is 1. The van der Waals surface area contributed by atoms with Gasteiger partial charge >= 0.3 is 0 Å². The first-order valence-corrected chi connectivity index (χ1v) is 9.31. The minimum absolute atomic E-state index is 0.0400. The molecule has 0 heterocycles. The second-order valence-electron chi connectivity index (χ2n) is 6.37. The van der Waals surface area contributed by atoms with Gasteiger partial charge in [-0.2, -0.15) is 0 Å². The lowest BCUT2D eigenvalue weighted by atomic mass is 10.1. The molecule has 0 aliphatic carbocycles.